The Hall–Kier alpha value is -4.53. The summed E-state index contributed by atoms with van der Waals surface area (Å²) in [5, 5.41) is 17.7. The molecule has 0 radical (unpaired) electrons. The van der Waals surface area contributed by atoms with Crippen molar-refractivity contribution in [1.82, 2.24) is 0 Å². The number of carbonyl (C=O) groups excluding carboxylic acids is 3. The minimum Gasteiger partial charge on any atom is -0.508 e. The molecule has 0 aromatic heterocycles. The summed E-state index contributed by atoms with van der Waals surface area (Å²) >= 11 is 0. The lowest BCUT2D eigenvalue weighted by atomic mass is 10.2. The van der Waals surface area contributed by atoms with E-state index in [1.165, 1.54) is 12.1 Å². The lowest BCUT2D eigenvalue weighted by molar-refractivity contribution is 0.110. The number of aldehydes is 3. The second-order valence-corrected chi connectivity index (χ2v) is 11.9. The second-order valence-electron chi connectivity index (χ2n) is 11.9. The topological polar surface area (TPSA) is 129 Å². The van der Waals surface area contributed by atoms with Gasteiger partial charge in [0.15, 0.2) is 18.9 Å². The van der Waals surface area contributed by atoms with Gasteiger partial charge in [-0.2, -0.15) is 0 Å². The van der Waals surface area contributed by atoms with Crippen molar-refractivity contribution in [3.05, 3.63) is 71.3 Å². The van der Waals surface area contributed by atoms with E-state index in [4.69, 9.17) is 29.2 Å². The van der Waals surface area contributed by atoms with Crippen LogP contribution in [0.1, 0.15) is 122 Å². The molecule has 0 atom stereocenters. The molecule has 0 fully saturated rings. The van der Waals surface area contributed by atoms with Gasteiger partial charge in [-0.15, -0.1) is 0 Å². The van der Waals surface area contributed by atoms with Gasteiger partial charge in [-0.25, -0.2) is 0 Å². The number of benzene rings is 3. The number of phenols is 2. The molecule has 3 aromatic carbocycles. The van der Waals surface area contributed by atoms with E-state index in [2.05, 4.69) is 20.8 Å². The van der Waals surface area contributed by atoms with Crippen molar-refractivity contribution < 1.29 is 43.5 Å². The van der Waals surface area contributed by atoms with E-state index in [1.54, 1.807) is 36.4 Å². The molecular formula is C39H60O9. The first-order valence-electron chi connectivity index (χ1n) is 15.3. The zero-order valence-electron chi connectivity index (χ0n) is 29.1. The Balaban J connectivity index is -0.000000599. The Labute approximate surface area is 289 Å². The van der Waals surface area contributed by atoms with E-state index >= 15 is 0 Å². The molecule has 9 heteroatoms. The summed E-state index contributed by atoms with van der Waals surface area (Å²) in [5.74, 6) is 3.16. The third kappa shape index (κ3) is 21.3. The molecule has 0 heterocycles. The fraction of sp³-hybridized carbons (Fsp3) is 0.462. The van der Waals surface area contributed by atoms with Crippen LogP contribution in [0.15, 0.2) is 54.6 Å². The molecule has 9 nitrogen and oxygen atoms in total. The van der Waals surface area contributed by atoms with Crippen LogP contribution < -0.4 is 18.9 Å². The molecule has 3 rings (SSSR count). The third-order valence-corrected chi connectivity index (χ3v) is 4.83. The predicted molar refractivity (Wildman–Crippen MR) is 196 cm³/mol. The highest BCUT2D eigenvalue weighted by Gasteiger charge is 2.09. The quantitative estimate of drug-likeness (QED) is 0.191. The molecule has 0 aliphatic heterocycles. The van der Waals surface area contributed by atoms with E-state index in [0.717, 1.165) is 36.1 Å². The number of hydrogen-bond donors (Lipinski definition) is 2. The minimum atomic E-state index is -0.199. The van der Waals surface area contributed by atoms with Crippen molar-refractivity contribution in [2.45, 2.75) is 115 Å². The van der Waals surface area contributed by atoms with Crippen LogP contribution >= 0.6 is 0 Å². The summed E-state index contributed by atoms with van der Waals surface area (Å²) in [5.41, 5.74) is 1.27. The largest absolute Gasteiger partial charge is 0.508 e. The van der Waals surface area contributed by atoms with Crippen molar-refractivity contribution in [2.24, 2.45) is 5.92 Å². The van der Waals surface area contributed by atoms with E-state index < -0.39 is 0 Å². The van der Waals surface area contributed by atoms with Crippen molar-refractivity contribution in [1.29, 1.82) is 0 Å². The van der Waals surface area contributed by atoms with Gasteiger partial charge >= 0.3 is 0 Å². The summed E-state index contributed by atoms with van der Waals surface area (Å²) in [6, 6.07) is 14.3. The molecule has 0 amide bonds. The summed E-state index contributed by atoms with van der Waals surface area (Å²) in [6.45, 7) is 22.0. The molecule has 270 valence electrons. The highest BCUT2D eigenvalue weighted by atomic mass is 16.5. The molecular weight excluding hydrogens is 612 g/mol. The van der Waals surface area contributed by atoms with Gasteiger partial charge < -0.3 is 29.2 Å². The fourth-order valence-electron chi connectivity index (χ4n) is 3.26. The maximum Gasteiger partial charge on any atom is 0.153 e. The van der Waals surface area contributed by atoms with Crippen molar-refractivity contribution in [3.63, 3.8) is 0 Å². The maximum atomic E-state index is 10.8. The molecule has 0 bridgehead atoms. The van der Waals surface area contributed by atoms with Crippen LogP contribution in [0.25, 0.3) is 0 Å². The molecule has 0 saturated carbocycles. The van der Waals surface area contributed by atoms with Gasteiger partial charge in [0.25, 0.3) is 0 Å². The van der Waals surface area contributed by atoms with Crippen LogP contribution in [-0.4, -0.2) is 53.5 Å². The maximum absolute atomic E-state index is 10.8. The Morgan fingerprint density at radius 2 is 0.792 bits per heavy atom. The highest BCUT2D eigenvalue weighted by molar-refractivity contribution is 5.80. The average molecular weight is 673 g/mol. The van der Waals surface area contributed by atoms with Crippen LogP contribution in [0.2, 0.25) is 0 Å². The lowest BCUT2D eigenvalue weighted by Gasteiger charge is -2.15. The molecule has 2 N–H and O–H groups in total. The predicted octanol–water partition coefficient (Wildman–Crippen LogP) is 9.99. The molecule has 3 aromatic rings. The average Bonchev–Trinajstić information content (AvgIpc) is 2.93. The Bertz CT molecular complexity index is 1250. The number of ether oxygens (including phenoxy) is 4. The standard InChI is InChI=1S/2C13H18O3.C7H6O3.C4H10.2CH4/c2*1-9(2)15-12-6-5-11(8-14)13(7-12)16-10(3)4;8-4-5-1-2-6(9)3-7(5)10;1-4(2)3;;/h2*5-10H,1-4H3;1-4,9-10H;4H,1-3H3;2*1H4. The van der Waals surface area contributed by atoms with Crippen molar-refractivity contribution in [2.75, 3.05) is 0 Å². The number of aromatic hydroxyl groups is 2. The van der Waals surface area contributed by atoms with Gasteiger partial charge in [-0.1, -0.05) is 35.6 Å². The van der Waals surface area contributed by atoms with Gasteiger partial charge in [0.2, 0.25) is 0 Å². The fourth-order valence-corrected chi connectivity index (χ4v) is 3.26. The molecule has 0 unspecified atom stereocenters. The zero-order valence-corrected chi connectivity index (χ0v) is 29.1. The number of rotatable bonds is 11. The van der Waals surface area contributed by atoms with Gasteiger partial charge in [0.05, 0.1) is 41.1 Å². The van der Waals surface area contributed by atoms with E-state index in [9.17, 15) is 14.4 Å². The van der Waals surface area contributed by atoms with E-state index in [0.29, 0.717) is 28.9 Å². The summed E-state index contributed by atoms with van der Waals surface area (Å²) in [7, 11) is 0. The smallest absolute Gasteiger partial charge is 0.153 e. The first-order valence-corrected chi connectivity index (χ1v) is 15.3. The van der Waals surface area contributed by atoms with E-state index in [1.807, 2.05) is 55.4 Å². The lowest BCUT2D eigenvalue weighted by Crippen LogP contribution is -2.09. The first-order chi connectivity index (χ1) is 21.5. The molecule has 48 heavy (non-hydrogen) atoms. The molecule has 0 spiro atoms. The van der Waals surface area contributed by atoms with Gasteiger partial charge in [0, 0.05) is 18.2 Å². The van der Waals surface area contributed by atoms with Crippen LogP contribution in [0.5, 0.6) is 34.5 Å². The van der Waals surface area contributed by atoms with Crippen LogP contribution in [0.4, 0.5) is 0 Å². The number of phenolic OH excluding ortho intramolecular Hbond substituents is 2. The van der Waals surface area contributed by atoms with Crippen molar-refractivity contribution in [3.8, 4) is 34.5 Å². The third-order valence-electron chi connectivity index (χ3n) is 4.83. The van der Waals surface area contributed by atoms with Gasteiger partial charge in [-0.05, 0) is 97.7 Å². The minimum absolute atomic E-state index is 0. The SMILES string of the molecule is C.C.CC(C)C.CC(C)Oc1ccc(C=O)c(OC(C)C)c1.CC(C)Oc1ccc(C=O)c(OC(C)C)c1.O=Cc1ccc(O)cc1O. The Kier molecular flexibility index (Phi) is 25.5. The summed E-state index contributed by atoms with van der Waals surface area (Å²) in [6.07, 6.45) is 2.38. The molecule has 0 saturated heterocycles. The normalized spacial score (nSPS) is 9.75. The second kappa shape index (κ2) is 25.5. The first kappa shape index (κ1) is 47.9. The van der Waals surface area contributed by atoms with Crippen LogP contribution in [-0.2, 0) is 0 Å². The van der Waals surface area contributed by atoms with Gasteiger partial charge in [0.1, 0.15) is 34.5 Å². The number of hydrogen-bond acceptors (Lipinski definition) is 9. The summed E-state index contributed by atoms with van der Waals surface area (Å²) < 4.78 is 22.2. The number of carbonyl (C=O) groups is 3. The molecule has 0 aliphatic carbocycles. The molecule has 0 aliphatic rings. The Morgan fingerprint density at radius 3 is 1.06 bits per heavy atom. The summed E-state index contributed by atoms with van der Waals surface area (Å²) in [4.78, 5) is 31.7. The van der Waals surface area contributed by atoms with Crippen LogP contribution in [0, 0.1) is 5.92 Å². The van der Waals surface area contributed by atoms with E-state index in [-0.39, 0.29) is 56.3 Å². The van der Waals surface area contributed by atoms with Gasteiger partial charge in [-0.3, -0.25) is 14.4 Å². The van der Waals surface area contributed by atoms with Crippen LogP contribution in [0.3, 0.4) is 0 Å². The van der Waals surface area contributed by atoms with Crippen molar-refractivity contribution >= 4 is 18.9 Å². The monoisotopic (exact) mass is 672 g/mol. The Morgan fingerprint density at radius 1 is 0.479 bits per heavy atom. The highest BCUT2D eigenvalue weighted by Crippen LogP contribution is 2.26. The zero-order chi connectivity index (χ0) is 35.4.